The molecular weight excluding hydrogens is 564 g/mol. The van der Waals surface area contributed by atoms with Crippen LogP contribution in [-0.4, -0.2) is 19.6 Å². The summed E-state index contributed by atoms with van der Waals surface area (Å²) >= 11 is 0. The molecule has 1 radical (unpaired) electrons. The van der Waals surface area contributed by atoms with Gasteiger partial charge in [-0.15, -0.1) is 0 Å². The minimum Gasteiger partial charge on any atom is -0.418 e. The Morgan fingerprint density at radius 3 is 0.765 bits per heavy atom. The molecule has 0 aliphatic carbocycles. The normalized spacial score (nSPS) is 10.9. The summed E-state index contributed by atoms with van der Waals surface area (Å²) in [7, 11) is -6.70. The molecular formula is C26H24BF4P2Rh-. The number of hydrogen-bond donors (Lipinski definition) is 0. The van der Waals surface area contributed by atoms with Crippen LogP contribution in [0.3, 0.4) is 0 Å². The van der Waals surface area contributed by atoms with Crippen LogP contribution in [0.1, 0.15) is 0 Å². The molecule has 0 unspecified atom stereocenters. The van der Waals surface area contributed by atoms with E-state index in [0.717, 1.165) is 0 Å². The Morgan fingerprint density at radius 1 is 0.412 bits per heavy atom. The molecule has 0 saturated heterocycles. The second kappa shape index (κ2) is 14.5. The first-order chi connectivity index (χ1) is 15.9. The molecule has 0 aromatic heterocycles. The third-order valence-electron chi connectivity index (χ3n) is 4.82. The fraction of sp³-hybridized carbons (Fsp3) is 0.0769. The average molecular weight is 588 g/mol. The first kappa shape index (κ1) is 28.4. The molecule has 0 fully saturated rings. The van der Waals surface area contributed by atoms with Crippen molar-refractivity contribution in [2.45, 2.75) is 0 Å². The Bertz CT molecular complexity index is 901. The number of rotatable bonds is 7. The van der Waals surface area contributed by atoms with Crippen LogP contribution >= 0.6 is 15.8 Å². The molecule has 0 nitrogen and oxygen atoms in total. The summed E-state index contributed by atoms with van der Waals surface area (Å²) in [6, 6.07) is 44.2. The molecule has 4 rings (SSSR count). The zero-order chi connectivity index (χ0) is 23.5. The van der Waals surface area contributed by atoms with Gasteiger partial charge < -0.3 is 17.3 Å². The fourth-order valence-electron chi connectivity index (χ4n) is 3.45. The molecule has 8 heteroatoms. The Labute approximate surface area is 214 Å². The molecule has 0 spiro atoms. The predicted octanol–water partition coefficient (Wildman–Crippen LogP) is 6.55. The summed E-state index contributed by atoms with van der Waals surface area (Å²) < 4.78 is 39.0. The molecule has 0 heterocycles. The molecule has 0 aliphatic rings. The number of hydrogen-bond acceptors (Lipinski definition) is 0. The van der Waals surface area contributed by atoms with Gasteiger partial charge in [-0.3, -0.25) is 0 Å². The van der Waals surface area contributed by atoms with E-state index in [1.165, 1.54) is 33.5 Å². The van der Waals surface area contributed by atoms with Gasteiger partial charge in [0.25, 0.3) is 0 Å². The van der Waals surface area contributed by atoms with Gasteiger partial charge in [0, 0.05) is 19.5 Å². The summed E-state index contributed by atoms with van der Waals surface area (Å²) in [5.41, 5.74) is 0. The van der Waals surface area contributed by atoms with Gasteiger partial charge in [0.2, 0.25) is 0 Å². The maximum absolute atomic E-state index is 9.75. The Kier molecular flexibility index (Phi) is 12.1. The van der Waals surface area contributed by atoms with Gasteiger partial charge >= 0.3 is 7.25 Å². The van der Waals surface area contributed by atoms with E-state index in [-0.39, 0.29) is 35.3 Å². The minimum absolute atomic E-state index is 0. The Morgan fingerprint density at radius 2 is 0.588 bits per heavy atom. The van der Waals surface area contributed by atoms with Crippen LogP contribution in [0.4, 0.5) is 17.3 Å². The van der Waals surface area contributed by atoms with Gasteiger partial charge in [0.1, 0.15) is 0 Å². The molecule has 0 aliphatic heterocycles. The van der Waals surface area contributed by atoms with Gasteiger partial charge in [-0.1, -0.05) is 121 Å². The molecule has 34 heavy (non-hydrogen) atoms. The summed E-state index contributed by atoms with van der Waals surface area (Å²) in [5.74, 6) is 0. The van der Waals surface area contributed by atoms with Gasteiger partial charge in [-0.2, -0.15) is 0 Å². The van der Waals surface area contributed by atoms with Gasteiger partial charge in [-0.25, -0.2) is 0 Å². The van der Waals surface area contributed by atoms with E-state index in [1.54, 1.807) is 0 Å². The van der Waals surface area contributed by atoms with Crippen molar-refractivity contribution in [3.8, 4) is 0 Å². The second-order valence-corrected chi connectivity index (χ2v) is 11.8. The number of benzene rings is 4. The quantitative estimate of drug-likeness (QED) is 0.131. The first-order valence-electron chi connectivity index (χ1n) is 10.5. The minimum atomic E-state index is -6.00. The molecule has 0 N–H and O–H groups in total. The Balaban J connectivity index is 0.000000619. The van der Waals surface area contributed by atoms with E-state index >= 15 is 0 Å². The van der Waals surface area contributed by atoms with Gasteiger partial charge in [0.05, 0.1) is 0 Å². The molecule has 0 saturated carbocycles. The first-order valence-corrected chi connectivity index (χ1v) is 13.6. The summed E-state index contributed by atoms with van der Waals surface area (Å²) in [5, 5.41) is 5.89. The van der Waals surface area contributed by atoms with Crippen molar-refractivity contribution in [2.24, 2.45) is 0 Å². The largest absolute Gasteiger partial charge is 0.673 e. The maximum Gasteiger partial charge on any atom is 0.673 e. The molecule has 0 amide bonds. The van der Waals surface area contributed by atoms with Crippen LogP contribution in [0.25, 0.3) is 0 Å². The molecule has 179 valence electrons. The summed E-state index contributed by atoms with van der Waals surface area (Å²) in [4.78, 5) is 0. The second-order valence-electron chi connectivity index (χ2n) is 7.14. The molecule has 0 bridgehead atoms. The van der Waals surface area contributed by atoms with Crippen LogP contribution in [0, 0.1) is 0 Å². The smallest absolute Gasteiger partial charge is 0.418 e. The topological polar surface area (TPSA) is 0 Å². The van der Waals surface area contributed by atoms with E-state index in [9.17, 15) is 17.3 Å². The third-order valence-corrected chi connectivity index (χ3v) is 10.2. The van der Waals surface area contributed by atoms with E-state index < -0.39 is 7.25 Å². The zero-order valence-electron chi connectivity index (χ0n) is 18.3. The standard InChI is InChI=1S/C26H24P2.BF4.Rh/c1-5-13-23(14-6-1)27(24-15-7-2-8-16-24)21-22-28(25-17-9-3-10-18-25)26-19-11-4-12-20-26;2-1(3,4)5;/h1-20H,21-22H2;;/q;-1;. The van der Waals surface area contributed by atoms with Gasteiger partial charge in [0.15, 0.2) is 0 Å². The van der Waals surface area contributed by atoms with Crippen LogP contribution in [-0.2, 0) is 19.5 Å². The average Bonchev–Trinajstić information content (AvgIpc) is 2.83. The van der Waals surface area contributed by atoms with E-state index in [1.807, 2.05) is 0 Å². The fourth-order valence-corrected chi connectivity index (χ4v) is 8.80. The molecule has 4 aromatic carbocycles. The predicted molar refractivity (Wildman–Crippen MR) is 138 cm³/mol. The SMILES string of the molecule is F[B-](F)(F)F.[Rh].c1ccc(P(CCP(c2ccccc2)c2ccccc2)c2ccccc2)cc1. The number of halogens is 4. The van der Waals surface area contributed by atoms with Crippen molar-refractivity contribution in [3.63, 3.8) is 0 Å². The molecule has 0 atom stereocenters. The van der Waals surface area contributed by atoms with Crippen LogP contribution in [0.5, 0.6) is 0 Å². The van der Waals surface area contributed by atoms with Crippen molar-refractivity contribution in [1.82, 2.24) is 0 Å². The van der Waals surface area contributed by atoms with E-state index in [2.05, 4.69) is 121 Å². The zero-order valence-corrected chi connectivity index (χ0v) is 21.7. The summed E-state index contributed by atoms with van der Waals surface area (Å²) in [6.45, 7) is 0. The van der Waals surface area contributed by atoms with E-state index in [0.29, 0.717) is 0 Å². The van der Waals surface area contributed by atoms with Gasteiger partial charge in [-0.05, 0) is 49.4 Å². The van der Waals surface area contributed by atoms with Crippen molar-refractivity contribution >= 4 is 44.3 Å². The summed E-state index contributed by atoms with van der Waals surface area (Å²) in [6.07, 6.45) is 2.41. The van der Waals surface area contributed by atoms with Crippen molar-refractivity contribution in [3.05, 3.63) is 121 Å². The Hall–Kier alpha value is -1.85. The third kappa shape index (κ3) is 9.79. The van der Waals surface area contributed by atoms with Crippen molar-refractivity contribution < 1.29 is 36.7 Å². The van der Waals surface area contributed by atoms with Crippen molar-refractivity contribution in [1.29, 1.82) is 0 Å². The van der Waals surface area contributed by atoms with E-state index in [4.69, 9.17) is 0 Å². The van der Waals surface area contributed by atoms with Crippen molar-refractivity contribution in [2.75, 3.05) is 12.3 Å². The van der Waals surface area contributed by atoms with Crippen LogP contribution in [0.2, 0.25) is 0 Å². The van der Waals surface area contributed by atoms with Crippen LogP contribution < -0.4 is 21.2 Å². The van der Waals surface area contributed by atoms with Crippen LogP contribution in [0.15, 0.2) is 121 Å². The monoisotopic (exact) mass is 588 g/mol. The molecule has 4 aromatic rings. The maximum atomic E-state index is 9.75.